The van der Waals surface area contributed by atoms with Crippen molar-refractivity contribution in [2.45, 2.75) is 24.5 Å². The van der Waals surface area contributed by atoms with Gasteiger partial charge in [-0.25, -0.2) is 13.1 Å². The van der Waals surface area contributed by atoms with E-state index in [1.165, 1.54) is 18.4 Å². The van der Waals surface area contributed by atoms with E-state index in [4.69, 9.17) is 9.47 Å². The monoisotopic (exact) mass is 322 g/mol. The Morgan fingerprint density at radius 3 is 2.65 bits per heavy atom. The van der Waals surface area contributed by atoms with Crippen LogP contribution in [-0.4, -0.2) is 48.9 Å². The Hall–Kier alpha value is -0.510. The molecule has 1 aromatic rings. The molecule has 116 valence electrons. The quantitative estimate of drug-likeness (QED) is 0.700. The lowest BCUT2D eigenvalue weighted by Crippen LogP contribution is -2.36. The van der Waals surface area contributed by atoms with Gasteiger partial charge in [-0.1, -0.05) is 0 Å². The highest BCUT2D eigenvalue weighted by atomic mass is 32.2. The van der Waals surface area contributed by atoms with Gasteiger partial charge < -0.3 is 14.8 Å². The van der Waals surface area contributed by atoms with E-state index in [-0.39, 0.29) is 12.6 Å². The van der Waals surface area contributed by atoms with E-state index in [1.54, 1.807) is 21.1 Å². The molecule has 1 unspecified atom stereocenters. The molecule has 2 N–H and O–H groups in total. The molecule has 0 spiro atoms. The first kappa shape index (κ1) is 17.5. The molecule has 6 nitrogen and oxygen atoms in total. The van der Waals surface area contributed by atoms with Crippen LogP contribution in [-0.2, 0) is 26.0 Å². The van der Waals surface area contributed by atoms with Crippen molar-refractivity contribution in [3.05, 3.63) is 15.8 Å². The van der Waals surface area contributed by atoms with Crippen LogP contribution >= 0.6 is 11.3 Å². The maximum Gasteiger partial charge on any atom is 0.242 e. The second-order valence-corrected chi connectivity index (χ2v) is 7.03. The van der Waals surface area contributed by atoms with Gasteiger partial charge in [-0.15, -0.1) is 11.3 Å². The van der Waals surface area contributed by atoms with Gasteiger partial charge >= 0.3 is 0 Å². The summed E-state index contributed by atoms with van der Waals surface area (Å²) in [4.78, 5) is 1.17. The standard InChI is InChI=1S/C12H22N2O4S2/c1-9-8-19-11(6-13-2)12(9)20(15,16)14-5-10(18-4)7-17-3/h8,10,13-14H,5-7H2,1-4H3. The van der Waals surface area contributed by atoms with Crippen molar-refractivity contribution >= 4 is 21.4 Å². The third-order valence-corrected chi connectivity index (χ3v) is 5.67. The molecule has 0 saturated carbocycles. The summed E-state index contributed by atoms with van der Waals surface area (Å²) in [5, 5.41) is 4.83. The zero-order valence-corrected chi connectivity index (χ0v) is 13.9. The Kier molecular flexibility index (Phi) is 7.07. The lowest BCUT2D eigenvalue weighted by Gasteiger charge is -2.15. The molecule has 0 aliphatic heterocycles. The highest BCUT2D eigenvalue weighted by Crippen LogP contribution is 2.26. The second kappa shape index (κ2) is 8.06. The molecule has 0 fully saturated rings. The van der Waals surface area contributed by atoms with Crippen LogP contribution in [0.15, 0.2) is 10.3 Å². The predicted molar refractivity (Wildman–Crippen MR) is 79.7 cm³/mol. The fourth-order valence-electron chi connectivity index (χ4n) is 1.80. The molecule has 0 saturated heterocycles. The van der Waals surface area contributed by atoms with Gasteiger partial charge in [0.1, 0.15) is 4.90 Å². The second-order valence-electron chi connectivity index (χ2n) is 4.37. The molecule has 1 rings (SSSR count). The molecule has 0 bridgehead atoms. The lowest BCUT2D eigenvalue weighted by molar-refractivity contribution is 0.0320. The molecule has 20 heavy (non-hydrogen) atoms. The molecule has 0 aliphatic carbocycles. The number of ether oxygens (including phenoxy) is 2. The number of thiophene rings is 1. The van der Waals surface area contributed by atoms with Gasteiger partial charge in [-0.3, -0.25) is 0 Å². The Bertz CT molecular complexity index is 514. The Morgan fingerprint density at radius 1 is 1.40 bits per heavy atom. The van der Waals surface area contributed by atoms with Crippen LogP contribution < -0.4 is 10.0 Å². The topological polar surface area (TPSA) is 76.7 Å². The van der Waals surface area contributed by atoms with Crippen LogP contribution in [0.4, 0.5) is 0 Å². The van der Waals surface area contributed by atoms with Crippen molar-refractivity contribution in [3.63, 3.8) is 0 Å². The summed E-state index contributed by atoms with van der Waals surface area (Å²) in [5.74, 6) is 0. The summed E-state index contributed by atoms with van der Waals surface area (Å²) in [5.41, 5.74) is 0.758. The highest BCUT2D eigenvalue weighted by Gasteiger charge is 2.23. The highest BCUT2D eigenvalue weighted by molar-refractivity contribution is 7.89. The third-order valence-electron chi connectivity index (χ3n) is 2.78. The van der Waals surface area contributed by atoms with Crippen molar-refractivity contribution in [2.24, 2.45) is 0 Å². The lowest BCUT2D eigenvalue weighted by atomic mass is 10.3. The fraction of sp³-hybridized carbons (Fsp3) is 0.667. The van der Waals surface area contributed by atoms with Crippen molar-refractivity contribution in [1.82, 2.24) is 10.0 Å². The number of nitrogens with one attached hydrogen (secondary N) is 2. The first-order chi connectivity index (χ1) is 9.46. The molecule has 1 aromatic heterocycles. The molecular weight excluding hydrogens is 300 g/mol. The first-order valence-electron chi connectivity index (χ1n) is 6.19. The predicted octanol–water partition coefficient (Wildman–Crippen LogP) is 0.716. The fourth-order valence-corrected chi connectivity index (χ4v) is 4.69. The van der Waals surface area contributed by atoms with Crippen LogP contribution in [0.1, 0.15) is 10.4 Å². The van der Waals surface area contributed by atoms with Crippen LogP contribution in [0.2, 0.25) is 0 Å². The molecule has 1 heterocycles. The third kappa shape index (κ3) is 4.51. The zero-order chi connectivity index (χ0) is 15.2. The van der Waals surface area contributed by atoms with Crippen LogP contribution in [0.3, 0.4) is 0 Å². The summed E-state index contributed by atoms with van der Waals surface area (Å²) >= 11 is 1.44. The molecule has 0 radical (unpaired) electrons. The molecular formula is C12H22N2O4S2. The average Bonchev–Trinajstić information content (AvgIpc) is 2.77. The van der Waals surface area contributed by atoms with E-state index in [1.807, 2.05) is 5.38 Å². The first-order valence-corrected chi connectivity index (χ1v) is 8.55. The number of hydrogen-bond donors (Lipinski definition) is 2. The number of rotatable bonds is 9. The maximum atomic E-state index is 12.4. The molecule has 8 heteroatoms. The summed E-state index contributed by atoms with van der Waals surface area (Å²) in [6, 6.07) is 0. The van der Waals surface area contributed by atoms with Crippen LogP contribution in [0, 0.1) is 6.92 Å². The van der Waals surface area contributed by atoms with Gasteiger partial charge in [0.05, 0.1) is 12.7 Å². The van der Waals surface area contributed by atoms with Gasteiger partial charge in [0.2, 0.25) is 10.0 Å². The van der Waals surface area contributed by atoms with Gasteiger partial charge in [-0.05, 0) is 24.9 Å². The Morgan fingerprint density at radius 2 is 2.10 bits per heavy atom. The normalized spacial score (nSPS) is 13.6. The number of hydrogen-bond acceptors (Lipinski definition) is 6. The minimum Gasteiger partial charge on any atom is -0.382 e. The summed E-state index contributed by atoms with van der Waals surface area (Å²) < 4.78 is 37.5. The molecule has 0 aliphatic rings. The Labute approximate surface area is 124 Å². The van der Waals surface area contributed by atoms with Crippen LogP contribution in [0.25, 0.3) is 0 Å². The van der Waals surface area contributed by atoms with E-state index in [0.717, 1.165) is 10.4 Å². The van der Waals surface area contributed by atoms with E-state index >= 15 is 0 Å². The van der Waals surface area contributed by atoms with Gasteiger partial charge in [0.25, 0.3) is 0 Å². The summed E-state index contributed by atoms with van der Waals surface area (Å²) in [7, 11) is 1.33. The SMILES string of the molecule is CNCc1scc(C)c1S(=O)(=O)NCC(COC)OC. The minimum atomic E-state index is -3.54. The molecule has 0 amide bonds. The van der Waals surface area contributed by atoms with Crippen molar-refractivity contribution in [1.29, 1.82) is 0 Å². The summed E-state index contributed by atoms with van der Waals surface area (Å²) in [6.07, 6.45) is -0.304. The maximum absolute atomic E-state index is 12.4. The molecule has 0 aromatic carbocycles. The van der Waals surface area contributed by atoms with Gasteiger partial charge in [0.15, 0.2) is 0 Å². The van der Waals surface area contributed by atoms with Crippen molar-refractivity contribution in [2.75, 3.05) is 34.4 Å². The summed E-state index contributed by atoms with van der Waals surface area (Å²) in [6.45, 7) is 2.85. The average molecular weight is 322 g/mol. The zero-order valence-electron chi connectivity index (χ0n) is 12.2. The Balaban J connectivity index is 2.85. The van der Waals surface area contributed by atoms with Crippen molar-refractivity contribution in [3.8, 4) is 0 Å². The number of aryl methyl sites for hydroxylation is 1. The smallest absolute Gasteiger partial charge is 0.242 e. The van der Waals surface area contributed by atoms with Crippen molar-refractivity contribution < 1.29 is 17.9 Å². The van der Waals surface area contributed by atoms with Gasteiger partial charge in [-0.2, -0.15) is 0 Å². The van der Waals surface area contributed by atoms with E-state index in [0.29, 0.717) is 18.0 Å². The van der Waals surface area contributed by atoms with E-state index in [9.17, 15) is 8.42 Å². The van der Waals surface area contributed by atoms with Gasteiger partial charge in [0, 0.05) is 32.2 Å². The van der Waals surface area contributed by atoms with E-state index in [2.05, 4.69) is 10.0 Å². The van der Waals surface area contributed by atoms with Crippen LogP contribution in [0.5, 0.6) is 0 Å². The van der Waals surface area contributed by atoms with E-state index < -0.39 is 10.0 Å². The molecule has 1 atom stereocenters. The number of sulfonamides is 1. The number of methoxy groups -OCH3 is 2. The largest absolute Gasteiger partial charge is 0.382 e. The minimum absolute atomic E-state index is 0.182.